The van der Waals surface area contributed by atoms with Crippen LogP contribution in [0.3, 0.4) is 0 Å². The maximum atomic E-state index is 4.14. The molecule has 5 nitrogen and oxygen atoms in total. The molecule has 0 unspecified atom stereocenters. The molecule has 0 saturated heterocycles. The van der Waals surface area contributed by atoms with E-state index in [9.17, 15) is 0 Å². The van der Waals surface area contributed by atoms with Gasteiger partial charge in [-0.1, -0.05) is 6.92 Å². The Balaban J connectivity index is 2.67. The second-order valence-corrected chi connectivity index (χ2v) is 2.17. The number of hydrogen-bond donors (Lipinski definition) is 1. The molecular weight excluding hydrogens is 142 g/mol. The molecule has 0 aliphatic heterocycles. The van der Waals surface area contributed by atoms with Gasteiger partial charge in [0.25, 0.3) is 0 Å². The number of aromatic nitrogens is 5. The topological polar surface area (TPSA) is 67.3 Å². The van der Waals surface area contributed by atoms with E-state index in [1.807, 2.05) is 6.92 Å². The summed E-state index contributed by atoms with van der Waals surface area (Å²) in [5, 5.41) is 10.2. The molecule has 2 aromatic heterocycles. The van der Waals surface area contributed by atoms with E-state index in [2.05, 4.69) is 25.4 Å². The first-order chi connectivity index (χ1) is 5.40. The summed E-state index contributed by atoms with van der Waals surface area (Å²) < 4.78 is 0. The first-order valence-corrected chi connectivity index (χ1v) is 3.42. The van der Waals surface area contributed by atoms with Crippen molar-refractivity contribution in [2.24, 2.45) is 0 Å². The molecule has 0 spiro atoms. The summed E-state index contributed by atoms with van der Waals surface area (Å²) in [5.74, 6) is 0.798. The third-order valence-corrected chi connectivity index (χ3v) is 1.44. The quantitative estimate of drug-likeness (QED) is 0.633. The Bertz CT molecular complexity index is 366. The summed E-state index contributed by atoms with van der Waals surface area (Å²) in [6.45, 7) is 2.00. The van der Waals surface area contributed by atoms with Crippen LogP contribution in [0.25, 0.3) is 11.2 Å². The van der Waals surface area contributed by atoms with E-state index in [1.54, 1.807) is 6.20 Å². The van der Waals surface area contributed by atoms with E-state index in [4.69, 9.17) is 0 Å². The van der Waals surface area contributed by atoms with Gasteiger partial charge in [-0.2, -0.15) is 10.3 Å². The van der Waals surface area contributed by atoms with E-state index in [0.29, 0.717) is 11.2 Å². The molecule has 0 radical (unpaired) electrons. The molecule has 0 aliphatic carbocycles. The number of fused-ring (bicyclic) bond motifs is 1. The number of aryl methyl sites for hydroxylation is 1. The predicted molar refractivity (Wildman–Crippen MR) is 38.9 cm³/mol. The number of nitrogens with zero attached hydrogens (tertiary/aromatic N) is 4. The molecule has 5 heteroatoms. The molecule has 0 amide bonds. The van der Waals surface area contributed by atoms with Crippen molar-refractivity contribution >= 4 is 11.2 Å². The highest BCUT2D eigenvalue weighted by molar-refractivity contribution is 5.66. The monoisotopic (exact) mass is 149 g/mol. The number of nitrogens with one attached hydrogen (secondary N) is 1. The maximum absolute atomic E-state index is 4.14. The molecule has 56 valence electrons. The van der Waals surface area contributed by atoms with Gasteiger partial charge >= 0.3 is 0 Å². The van der Waals surface area contributed by atoms with E-state index in [1.165, 1.54) is 0 Å². The summed E-state index contributed by atoms with van der Waals surface area (Å²) in [7, 11) is 0. The van der Waals surface area contributed by atoms with Crippen molar-refractivity contribution in [1.29, 1.82) is 0 Å². The highest BCUT2D eigenvalue weighted by Gasteiger charge is 1.99. The second-order valence-electron chi connectivity index (χ2n) is 2.17. The molecule has 1 N–H and O–H groups in total. The summed E-state index contributed by atoms with van der Waals surface area (Å²) in [5.41, 5.74) is 1.35. The lowest BCUT2D eigenvalue weighted by Gasteiger charge is -1.90. The van der Waals surface area contributed by atoms with Gasteiger partial charge in [-0.05, 0) is 0 Å². The van der Waals surface area contributed by atoms with Crippen LogP contribution in [0.4, 0.5) is 0 Å². The Kier molecular flexibility index (Phi) is 1.28. The van der Waals surface area contributed by atoms with Crippen LogP contribution in [0, 0.1) is 0 Å². The molecule has 2 rings (SSSR count). The largest absolute Gasteiger partial charge is 0.239 e. The molecule has 0 aliphatic rings. The van der Waals surface area contributed by atoms with E-state index in [-0.39, 0.29) is 0 Å². The van der Waals surface area contributed by atoms with Gasteiger partial charge in [0.15, 0.2) is 0 Å². The van der Waals surface area contributed by atoms with Gasteiger partial charge in [0, 0.05) is 6.42 Å². The van der Waals surface area contributed by atoms with Crippen molar-refractivity contribution in [3.05, 3.63) is 12.0 Å². The van der Waals surface area contributed by atoms with Crippen LogP contribution in [0.15, 0.2) is 6.20 Å². The fourth-order valence-corrected chi connectivity index (χ4v) is 0.859. The van der Waals surface area contributed by atoms with Crippen molar-refractivity contribution in [3.8, 4) is 0 Å². The number of aromatic amines is 1. The van der Waals surface area contributed by atoms with Crippen molar-refractivity contribution < 1.29 is 0 Å². The standard InChI is InChI=1S/C6H7N5/c1-2-5-7-3-4-6(8-5)10-11-9-4/h3H,2H2,1H3,(H,7,8,9,10,11). The van der Waals surface area contributed by atoms with Crippen LogP contribution in [0.5, 0.6) is 0 Å². The Labute approximate surface area is 62.9 Å². The second kappa shape index (κ2) is 2.26. The molecule has 2 heterocycles. The first-order valence-electron chi connectivity index (χ1n) is 3.42. The molecular formula is C6H7N5. The fourth-order valence-electron chi connectivity index (χ4n) is 0.859. The highest BCUT2D eigenvalue weighted by Crippen LogP contribution is 2.01. The van der Waals surface area contributed by atoms with Crippen LogP contribution in [-0.4, -0.2) is 25.4 Å². The molecule has 0 saturated carbocycles. The summed E-state index contributed by atoms with van der Waals surface area (Å²) in [6, 6.07) is 0. The molecule has 0 fully saturated rings. The van der Waals surface area contributed by atoms with Crippen LogP contribution in [0.2, 0.25) is 0 Å². The average Bonchev–Trinajstić information content (AvgIpc) is 2.50. The molecule has 0 atom stereocenters. The Morgan fingerprint density at radius 1 is 1.45 bits per heavy atom. The minimum atomic E-state index is 0.636. The van der Waals surface area contributed by atoms with Crippen molar-refractivity contribution in [1.82, 2.24) is 25.4 Å². The third-order valence-electron chi connectivity index (χ3n) is 1.44. The summed E-state index contributed by atoms with van der Waals surface area (Å²) in [6.07, 6.45) is 2.49. The lowest BCUT2D eigenvalue weighted by atomic mass is 10.4. The van der Waals surface area contributed by atoms with Crippen LogP contribution in [-0.2, 0) is 6.42 Å². The lowest BCUT2D eigenvalue weighted by molar-refractivity contribution is 0.939. The minimum Gasteiger partial charge on any atom is -0.239 e. The van der Waals surface area contributed by atoms with Gasteiger partial charge in [-0.15, -0.1) is 5.10 Å². The van der Waals surface area contributed by atoms with Crippen molar-refractivity contribution in [2.75, 3.05) is 0 Å². The zero-order valence-electron chi connectivity index (χ0n) is 6.07. The van der Waals surface area contributed by atoms with Crippen molar-refractivity contribution in [2.45, 2.75) is 13.3 Å². The minimum absolute atomic E-state index is 0.636. The molecule has 0 aromatic carbocycles. The third kappa shape index (κ3) is 0.938. The smallest absolute Gasteiger partial charge is 0.204 e. The van der Waals surface area contributed by atoms with Gasteiger partial charge in [-0.25, -0.2) is 9.97 Å². The van der Waals surface area contributed by atoms with E-state index < -0.39 is 0 Å². The van der Waals surface area contributed by atoms with Crippen LogP contribution < -0.4 is 0 Å². The lowest BCUT2D eigenvalue weighted by Crippen LogP contribution is -1.91. The number of rotatable bonds is 1. The predicted octanol–water partition coefficient (Wildman–Crippen LogP) is 0.310. The van der Waals surface area contributed by atoms with Gasteiger partial charge in [0.05, 0.1) is 6.20 Å². The zero-order chi connectivity index (χ0) is 7.68. The average molecular weight is 149 g/mol. The Morgan fingerprint density at radius 2 is 2.36 bits per heavy atom. The Hall–Kier alpha value is -1.52. The first kappa shape index (κ1) is 6.21. The van der Waals surface area contributed by atoms with Gasteiger partial charge in [0.2, 0.25) is 5.65 Å². The van der Waals surface area contributed by atoms with E-state index >= 15 is 0 Å². The van der Waals surface area contributed by atoms with Crippen LogP contribution >= 0.6 is 0 Å². The summed E-state index contributed by atoms with van der Waals surface area (Å²) >= 11 is 0. The van der Waals surface area contributed by atoms with E-state index in [0.717, 1.165) is 12.2 Å². The SMILES string of the molecule is CCc1ncc2n[nH]nc2n1. The summed E-state index contributed by atoms with van der Waals surface area (Å²) in [4.78, 5) is 8.20. The zero-order valence-corrected chi connectivity index (χ0v) is 6.07. The molecule has 0 bridgehead atoms. The van der Waals surface area contributed by atoms with Crippen molar-refractivity contribution in [3.63, 3.8) is 0 Å². The van der Waals surface area contributed by atoms with Gasteiger partial charge < -0.3 is 0 Å². The number of H-pyrrole nitrogens is 1. The Morgan fingerprint density at radius 3 is 3.18 bits per heavy atom. The van der Waals surface area contributed by atoms with Gasteiger partial charge in [-0.3, -0.25) is 0 Å². The fraction of sp³-hybridized carbons (Fsp3) is 0.333. The van der Waals surface area contributed by atoms with Crippen LogP contribution in [0.1, 0.15) is 12.7 Å². The van der Waals surface area contributed by atoms with Gasteiger partial charge in [0.1, 0.15) is 11.3 Å². The number of hydrogen-bond acceptors (Lipinski definition) is 4. The highest BCUT2D eigenvalue weighted by atomic mass is 15.3. The maximum Gasteiger partial charge on any atom is 0.204 e. The molecule has 11 heavy (non-hydrogen) atoms. The normalized spacial score (nSPS) is 10.6. The molecule has 2 aromatic rings.